The fraction of sp³-hybridized carbons (Fsp3) is 0.250. The quantitative estimate of drug-likeness (QED) is 0.790. The van der Waals surface area contributed by atoms with E-state index >= 15 is 0 Å². The molecule has 0 N–H and O–H groups in total. The molecule has 0 unspecified atom stereocenters. The number of carbonyl (C=O) groups excluding carboxylic acids is 1. The van der Waals surface area contributed by atoms with Gasteiger partial charge >= 0.3 is 5.97 Å². The van der Waals surface area contributed by atoms with E-state index in [2.05, 4.69) is 4.98 Å². The molecule has 0 bridgehead atoms. The van der Waals surface area contributed by atoms with E-state index in [4.69, 9.17) is 4.74 Å². The zero-order chi connectivity index (χ0) is 16.2. The van der Waals surface area contributed by atoms with Crippen LogP contribution in [-0.2, 0) is 21.0 Å². The van der Waals surface area contributed by atoms with Crippen molar-refractivity contribution in [2.45, 2.75) is 18.2 Å². The van der Waals surface area contributed by atoms with Gasteiger partial charge in [0, 0.05) is 25.1 Å². The lowest BCUT2D eigenvalue weighted by atomic mass is 10.0. The van der Waals surface area contributed by atoms with Gasteiger partial charge in [0.25, 0.3) is 0 Å². The van der Waals surface area contributed by atoms with Gasteiger partial charge in [0.2, 0.25) is 0 Å². The predicted molar refractivity (Wildman–Crippen MR) is 82.6 cm³/mol. The van der Waals surface area contributed by atoms with E-state index in [1.165, 1.54) is 6.07 Å². The van der Waals surface area contributed by atoms with Crippen molar-refractivity contribution in [3.8, 4) is 0 Å². The Hall–Kier alpha value is -2.21. The van der Waals surface area contributed by atoms with Crippen LogP contribution in [0.4, 0.5) is 0 Å². The lowest BCUT2D eigenvalue weighted by Gasteiger charge is -2.10. The minimum Gasteiger partial charge on any atom is -0.462 e. The second-order valence-electron chi connectivity index (χ2n) is 4.85. The summed E-state index contributed by atoms with van der Waals surface area (Å²) >= 11 is 0. The number of hydrogen-bond acceptors (Lipinski definition) is 5. The molecular weight excluding hydrogens is 302 g/mol. The number of benzene rings is 1. The molecule has 0 aliphatic carbocycles. The average molecular weight is 319 g/mol. The molecule has 6 heteroatoms. The Morgan fingerprint density at radius 1 is 1.27 bits per heavy atom. The SMILES string of the molecule is CCOC(=O)c1ccc(Cc2cccnc2)c(S(C)(=O)=O)c1. The second kappa shape index (κ2) is 6.70. The molecule has 5 nitrogen and oxygen atoms in total. The Morgan fingerprint density at radius 2 is 2.05 bits per heavy atom. The first-order chi connectivity index (χ1) is 10.4. The fourth-order valence-corrected chi connectivity index (χ4v) is 3.07. The first-order valence-electron chi connectivity index (χ1n) is 6.81. The standard InChI is InChI=1S/C16H17NO4S/c1-3-21-16(18)14-7-6-13(15(10-14)22(2,19)20)9-12-5-4-8-17-11-12/h4-8,10-11H,3,9H2,1-2H3. The molecule has 0 atom stereocenters. The lowest BCUT2D eigenvalue weighted by Crippen LogP contribution is -2.09. The molecule has 0 amide bonds. The summed E-state index contributed by atoms with van der Waals surface area (Å²) in [6.07, 6.45) is 4.90. The summed E-state index contributed by atoms with van der Waals surface area (Å²) in [6.45, 7) is 1.94. The maximum absolute atomic E-state index is 12.0. The van der Waals surface area contributed by atoms with Crippen LogP contribution in [0.1, 0.15) is 28.4 Å². The van der Waals surface area contributed by atoms with Gasteiger partial charge in [-0.2, -0.15) is 0 Å². The molecule has 1 aromatic carbocycles. The molecule has 1 heterocycles. The molecule has 0 saturated carbocycles. The molecule has 0 aliphatic heterocycles. The van der Waals surface area contributed by atoms with Crippen LogP contribution < -0.4 is 0 Å². The molecule has 1 aromatic heterocycles. The molecule has 116 valence electrons. The van der Waals surface area contributed by atoms with Crippen LogP contribution in [0.2, 0.25) is 0 Å². The van der Waals surface area contributed by atoms with Crippen molar-refractivity contribution in [3.63, 3.8) is 0 Å². The van der Waals surface area contributed by atoms with Crippen molar-refractivity contribution in [1.29, 1.82) is 0 Å². The van der Waals surface area contributed by atoms with E-state index < -0.39 is 15.8 Å². The monoisotopic (exact) mass is 319 g/mol. The zero-order valence-corrected chi connectivity index (χ0v) is 13.3. The Balaban J connectivity index is 2.44. The van der Waals surface area contributed by atoms with Gasteiger partial charge in [-0.05, 0) is 36.2 Å². The maximum atomic E-state index is 12.0. The van der Waals surface area contributed by atoms with Crippen molar-refractivity contribution >= 4 is 15.8 Å². The molecular formula is C16H17NO4S. The average Bonchev–Trinajstić information content (AvgIpc) is 2.48. The fourth-order valence-electron chi connectivity index (χ4n) is 2.11. The highest BCUT2D eigenvalue weighted by atomic mass is 32.2. The number of pyridine rings is 1. The summed E-state index contributed by atoms with van der Waals surface area (Å²) in [5.74, 6) is -0.527. The van der Waals surface area contributed by atoms with Gasteiger partial charge in [0.1, 0.15) is 0 Å². The molecule has 0 radical (unpaired) electrons. The molecule has 2 rings (SSSR count). The highest BCUT2D eigenvalue weighted by molar-refractivity contribution is 7.90. The highest BCUT2D eigenvalue weighted by Crippen LogP contribution is 2.21. The van der Waals surface area contributed by atoms with E-state index in [0.717, 1.165) is 11.8 Å². The van der Waals surface area contributed by atoms with Gasteiger partial charge in [0.15, 0.2) is 9.84 Å². The Bertz CT molecular complexity index is 770. The summed E-state index contributed by atoms with van der Waals surface area (Å²) in [7, 11) is -3.45. The largest absolute Gasteiger partial charge is 0.462 e. The van der Waals surface area contributed by atoms with E-state index in [1.54, 1.807) is 37.5 Å². The summed E-state index contributed by atoms with van der Waals surface area (Å²) in [5.41, 5.74) is 1.76. The van der Waals surface area contributed by atoms with E-state index in [9.17, 15) is 13.2 Å². The van der Waals surface area contributed by atoms with Crippen molar-refractivity contribution in [3.05, 3.63) is 59.4 Å². The topological polar surface area (TPSA) is 73.3 Å². The van der Waals surface area contributed by atoms with Crippen LogP contribution in [0.5, 0.6) is 0 Å². The van der Waals surface area contributed by atoms with Crippen molar-refractivity contribution < 1.29 is 17.9 Å². The predicted octanol–water partition coefficient (Wildman–Crippen LogP) is 2.25. The van der Waals surface area contributed by atoms with Gasteiger partial charge in [0.05, 0.1) is 17.1 Å². The number of nitrogens with zero attached hydrogens (tertiary/aromatic N) is 1. The van der Waals surface area contributed by atoms with Crippen LogP contribution in [0.3, 0.4) is 0 Å². The molecule has 0 fully saturated rings. The lowest BCUT2D eigenvalue weighted by molar-refractivity contribution is 0.0526. The first-order valence-corrected chi connectivity index (χ1v) is 8.70. The van der Waals surface area contributed by atoms with E-state index in [1.807, 2.05) is 6.07 Å². The van der Waals surface area contributed by atoms with Gasteiger partial charge in [-0.25, -0.2) is 13.2 Å². The summed E-state index contributed by atoms with van der Waals surface area (Å²) in [5, 5.41) is 0. The van der Waals surface area contributed by atoms with Gasteiger partial charge < -0.3 is 4.74 Å². The van der Waals surface area contributed by atoms with Gasteiger partial charge in [-0.15, -0.1) is 0 Å². The number of sulfone groups is 1. The van der Waals surface area contributed by atoms with Crippen LogP contribution >= 0.6 is 0 Å². The number of ether oxygens (including phenoxy) is 1. The van der Waals surface area contributed by atoms with Crippen LogP contribution in [0, 0.1) is 0 Å². The van der Waals surface area contributed by atoms with Crippen molar-refractivity contribution in [1.82, 2.24) is 4.98 Å². The summed E-state index contributed by atoms with van der Waals surface area (Å²) in [4.78, 5) is 15.9. The molecule has 0 spiro atoms. The number of aromatic nitrogens is 1. The minimum atomic E-state index is -3.45. The zero-order valence-electron chi connectivity index (χ0n) is 12.4. The van der Waals surface area contributed by atoms with Crippen LogP contribution in [0.15, 0.2) is 47.6 Å². The van der Waals surface area contributed by atoms with Crippen LogP contribution in [0.25, 0.3) is 0 Å². The van der Waals surface area contributed by atoms with E-state index in [-0.39, 0.29) is 17.1 Å². The smallest absolute Gasteiger partial charge is 0.338 e. The first kappa shape index (κ1) is 16.2. The van der Waals surface area contributed by atoms with Crippen molar-refractivity contribution in [2.75, 3.05) is 12.9 Å². The van der Waals surface area contributed by atoms with Gasteiger partial charge in [-0.1, -0.05) is 12.1 Å². The molecule has 2 aromatic rings. The Labute approximate surface area is 129 Å². The number of carbonyl (C=O) groups is 1. The normalized spacial score (nSPS) is 11.2. The van der Waals surface area contributed by atoms with E-state index in [0.29, 0.717) is 12.0 Å². The number of rotatable bonds is 5. The summed E-state index contributed by atoms with van der Waals surface area (Å²) < 4.78 is 28.9. The molecule has 22 heavy (non-hydrogen) atoms. The second-order valence-corrected chi connectivity index (χ2v) is 6.84. The Kier molecular flexibility index (Phi) is 4.92. The maximum Gasteiger partial charge on any atom is 0.338 e. The molecule has 0 saturated heterocycles. The third kappa shape index (κ3) is 3.92. The summed E-state index contributed by atoms with van der Waals surface area (Å²) in [6, 6.07) is 8.27. The molecule has 0 aliphatic rings. The highest BCUT2D eigenvalue weighted by Gasteiger charge is 2.17. The third-order valence-electron chi connectivity index (χ3n) is 3.10. The van der Waals surface area contributed by atoms with Gasteiger partial charge in [-0.3, -0.25) is 4.98 Å². The number of hydrogen-bond donors (Lipinski definition) is 0. The van der Waals surface area contributed by atoms with Crippen LogP contribution in [-0.4, -0.2) is 32.2 Å². The third-order valence-corrected chi connectivity index (χ3v) is 4.27. The minimum absolute atomic E-state index is 0.141. The van der Waals surface area contributed by atoms with Crippen molar-refractivity contribution in [2.24, 2.45) is 0 Å². The Morgan fingerprint density at radius 3 is 2.64 bits per heavy atom. The number of esters is 1.